The van der Waals surface area contributed by atoms with E-state index in [0.29, 0.717) is 6.42 Å². The third-order valence-electron chi connectivity index (χ3n) is 6.68. The molecular formula is C31H59NO3. The van der Waals surface area contributed by atoms with E-state index >= 15 is 0 Å². The van der Waals surface area contributed by atoms with Crippen molar-refractivity contribution in [3.05, 3.63) is 24.3 Å². The predicted molar refractivity (Wildman–Crippen MR) is 152 cm³/mol. The Labute approximate surface area is 218 Å². The largest absolute Gasteiger partial charge is 0.394 e. The Morgan fingerprint density at radius 1 is 0.657 bits per heavy atom. The lowest BCUT2D eigenvalue weighted by Gasteiger charge is -2.20. The van der Waals surface area contributed by atoms with Gasteiger partial charge in [0.05, 0.1) is 18.8 Å². The number of nitrogens with one attached hydrogen (secondary N) is 1. The van der Waals surface area contributed by atoms with E-state index in [2.05, 4.69) is 31.3 Å². The molecule has 4 nitrogen and oxygen atoms in total. The van der Waals surface area contributed by atoms with Gasteiger partial charge in [0, 0.05) is 6.42 Å². The molecule has 0 aromatic heterocycles. The molecule has 0 aromatic rings. The van der Waals surface area contributed by atoms with Crippen LogP contribution in [0.1, 0.15) is 149 Å². The summed E-state index contributed by atoms with van der Waals surface area (Å²) in [6, 6.07) is -0.619. The summed E-state index contributed by atoms with van der Waals surface area (Å²) in [5.74, 6) is -0.0783. The van der Waals surface area contributed by atoms with E-state index in [-0.39, 0.29) is 12.5 Å². The third-order valence-corrected chi connectivity index (χ3v) is 6.68. The van der Waals surface area contributed by atoms with Gasteiger partial charge in [0.2, 0.25) is 5.91 Å². The van der Waals surface area contributed by atoms with E-state index in [1.165, 1.54) is 89.9 Å². The van der Waals surface area contributed by atoms with Crippen molar-refractivity contribution in [2.24, 2.45) is 0 Å². The highest BCUT2D eigenvalue weighted by Gasteiger charge is 2.17. The molecule has 0 bridgehead atoms. The lowest BCUT2D eigenvalue weighted by molar-refractivity contribution is -0.123. The second-order valence-corrected chi connectivity index (χ2v) is 10.2. The van der Waals surface area contributed by atoms with E-state index in [0.717, 1.165) is 38.5 Å². The van der Waals surface area contributed by atoms with Gasteiger partial charge in [-0.3, -0.25) is 4.79 Å². The molecule has 0 radical (unpaired) electrons. The van der Waals surface area contributed by atoms with Crippen LogP contribution in [0.4, 0.5) is 0 Å². The molecule has 1 amide bonds. The van der Waals surface area contributed by atoms with Crippen molar-refractivity contribution in [2.45, 2.75) is 161 Å². The lowest BCUT2D eigenvalue weighted by atomic mass is 10.1. The van der Waals surface area contributed by atoms with Crippen LogP contribution < -0.4 is 5.32 Å². The van der Waals surface area contributed by atoms with E-state index in [1.54, 1.807) is 6.08 Å². The molecule has 0 aliphatic carbocycles. The molecule has 0 spiro atoms. The highest BCUT2D eigenvalue weighted by Crippen LogP contribution is 2.11. The number of hydrogen-bond acceptors (Lipinski definition) is 3. The molecule has 0 heterocycles. The van der Waals surface area contributed by atoms with Gasteiger partial charge in [-0.2, -0.15) is 0 Å². The molecular weight excluding hydrogens is 434 g/mol. The fraction of sp³-hybridized carbons (Fsp3) is 0.839. The van der Waals surface area contributed by atoms with Crippen molar-refractivity contribution < 1.29 is 15.0 Å². The van der Waals surface area contributed by atoms with Crippen LogP contribution in [0.25, 0.3) is 0 Å². The zero-order valence-electron chi connectivity index (χ0n) is 23.3. The fourth-order valence-electron chi connectivity index (χ4n) is 4.29. The van der Waals surface area contributed by atoms with Gasteiger partial charge in [-0.25, -0.2) is 0 Å². The summed E-state index contributed by atoms with van der Waals surface area (Å²) >= 11 is 0. The number of amides is 1. The van der Waals surface area contributed by atoms with Crippen molar-refractivity contribution in [1.29, 1.82) is 0 Å². The minimum atomic E-state index is -0.836. The number of rotatable bonds is 26. The van der Waals surface area contributed by atoms with Crippen LogP contribution in [-0.2, 0) is 4.79 Å². The second kappa shape index (κ2) is 27.5. The summed E-state index contributed by atoms with van der Waals surface area (Å²) < 4.78 is 0. The van der Waals surface area contributed by atoms with Crippen LogP contribution in [0.3, 0.4) is 0 Å². The summed E-state index contributed by atoms with van der Waals surface area (Å²) in [6.07, 6.45) is 32.4. The quantitative estimate of drug-likeness (QED) is 0.0840. The number of carbonyl (C=O) groups excluding carboxylic acids is 1. The highest BCUT2D eigenvalue weighted by molar-refractivity contribution is 5.76. The van der Waals surface area contributed by atoms with Gasteiger partial charge in [-0.15, -0.1) is 0 Å². The van der Waals surface area contributed by atoms with Gasteiger partial charge in [0.15, 0.2) is 0 Å². The van der Waals surface area contributed by atoms with E-state index in [4.69, 9.17) is 0 Å². The van der Waals surface area contributed by atoms with E-state index in [1.807, 2.05) is 6.08 Å². The van der Waals surface area contributed by atoms with Crippen LogP contribution in [0.5, 0.6) is 0 Å². The first kappa shape index (κ1) is 33.9. The van der Waals surface area contributed by atoms with Gasteiger partial charge in [0.25, 0.3) is 0 Å². The molecule has 2 atom stereocenters. The third kappa shape index (κ3) is 24.3. The summed E-state index contributed by atoms with van der Waals surface area (Å²) in [7, 11) is 0. The Morgan fingerprint density at radius 3 is 1.63 bits per heavy atom. The standard InChI is InChI=1S/C31H59NO3/c1-3-5-7-9-11-13-15-17-19-21-23-25-27-31(35)32-29(28-33)30(34)26-24-22-20-18-16-14-12-10-8-6-4-2/h11,13,24,26,29-30,33-34H,3-10,12,14-23,25,27-28H2,1-2H3,(H,32,35)/b13-11-,26-24+. The monoisotopic (exact) mass is 493 g/mol. The topological polar surface area (TPSA) is 69.6 Å². The van der Waals surface area contributed by atoms with Crippen molar-refractivity contribution in [2.75, 3.05) is 6.61 Å². The van der Waals surface area contributed by atoms with Crippen LogP contribution in [0, 0.1) is 0 Å². The van der Waals surface area contributed by atoms with Crippen molar-refractivity contribution in [3.8, 4) is 0 Å². The molecule has 0 aliphatic rings. The fourth-order valence-corrected chi connectivity index (χ4v) is 4.29. The summed E-state index contributed by atoms with van der Waals surface area (Å²) in [5.41, 5.74) is 0. The van der Waals surface area contributed by atoms with Crippen LogP contribution in [0.15, 0.2) is 24.3 Å². The molecule has 2 unspecified atom stereocenters. The van der Waals surface area contributed by atoms with E-state index in [9.17, 15) is 15.0 Å². The molecule has 35 heavy (non-hydrogen) atoms. The van der Waals surface area contributed by atoms with Gasteiger partial charge >= 0.3 is 0 Å². The first-order chi connectivity index (χ1) is 17.2. The Bertz CT molecular complexity index is 503. The smallest absolute Gasteiger partial charge is 0.220 e. The minimum Gasteiger partial charge on any atom is -0.394 e. The molecule has 206 valence electrons. The van der Waals surface area contributed by atoms with Gasteiger partial charge in [0.1, 0.15) is 0 Å². The maximum atomic E-state index is 12.2. The highest BCUT2D eigenvalue weighted by atomic mass is 16.3. The average molecular weight is 494 g/mol. The maximum Gasteiger partial charge on any atom is 0.220 e. The Balaban J connectivity index is 3.72. The summed E-state index contributed by atoms with van der Waals surface area (Å²) in [6.45, 7) is 4.24. The number of aliphatic hydroxyl groups is 2. The first-order valence-corrected chi connectivity index (χ1v) is 15.1. The molecule has 0 saturated carbocycles. The van der Waals surface area contributed by atoms with Crippen molar-refractivity contribution >= 4 is 5.91 Å². The van der Waals surface area contributed by atoms with Gasteiger partial charge in [-0.1, -0.05) is 122 Å². The zero-order chi connectivity index (χ0) is 25.8. The number of allylic oxidation sites excluding steroid dienone is 3. The van der Waals surface area contributed by atoms with Crippen molar-refractivity contribution in [1.82, 2.24) is 5.32 Å². The predicted octanol–water partition coefficient (Wildman–Crippen LogP) is 8.17. The van der Waals surface area contributed by atoms with Crippen LogP contribution >= 0.6 is 0 Å². The second-order valence-electron chi connectivity index (χ2n) is 10.2. The maximum absolute atomic E-state index is 12.2. The number of hydrogen-bond donors (Lipinski definition) is 3. The van der Waals surface area contributed by atoms with Gasteiger partial charge in [-0.05, 0) is 44.9 Å². The summed E-state index contributed by atoms with van der Waals surface area (Å²) in [5, 5.41) is 22.7. The first-order valence-electron chi connectivity index (χ1n) is 15.1. The van der Waals surface area contributed by atoms with Gasteiger partial charge < -0.3 is 15.5 Å². The molecule has 3 N–H and O–H groups in total. The molecule has 4 heteroatoms. The molecule has 0 aliphatic heterocycles. The van der Waals surface area contributed by atoms with Crippen LogP contribution in [0.2, 0.25) is 0 Å². The summed E-state index contributed by atoms with van der Waals surface area (Å²) in [4.78, 5) is 12.2. The number of carbonyl (C=O) groups is 1. The van der Waals surface area contributed by atoms with Crippen molar-refractivity contribution in [3.63, 3.8) is 0 Å². The Kier molecular flexibility index (Phi) is 26.6. The number of unbranched alkanes of at least 4 members (excludes halogenated alkanes) is 17. The number of aliphatic hydroxyl groups excluding tert-OH is 2. The molecule has 0 rings (SSSR count). The lowest BCUT2D eigenvalue weighted by Crippen LogP contribution is -2.45. The average Bonchev–Trinajstić information content (AvgIpc) is 2.86. The Hall–Kier alpha value is -1.13. The molecule has 0 saturated heterocycles. The van der Waals surface area contributed by atoms with Crippen LogP contribution in [-0.4, -0.2) is 34.9 Å². The zero-order valence-corrected chi connectivity index (χ0v) is 23.3. The SMILES string of the molecule is CCCCC/C=C\CCCCCCCC(=O)NC(CO)C(O)/C=C/CCCCCCCCCCC. The molecule has 0 fully saturated rings. The minimum absolute atomic E-state index is 0.0783. The van der Waals surface area contributed by atoms with E-state index < -0.39 is 12.1 Å². The Morgan fingerprint density at radius 2 is 1.09 bits per heavy atom. The molecule has 0 aromatic carbocycles. The normalized spacial score (nSPS) is 13.6.